The number of carbonyl (C=O) groups excluding carboxylic acids is 3. The van der Waals surface area contributed by atoms with Crippen molar-refractivity contribution in [3.8, 4) is 5.75 Å². The second-order valence-electron chi connectivity index (χ2n) is 11.0. The summed E-state index contributed by atoms with van der Waals surface area (Å²) in [5.74, 6) is -0.286. The van der Waals surface area contributed by atoms with Gasteiger partial charge in [-0.05, 0) is 74.1 Å². The lowest BCUT2D eigenvalue weighted by Gasteiger charge is -2.29. The van der Waals surface area contributed by atoms with E-state index >= 15 is 0 Å². The van der Waals surface area contributed by atoms with Crippen LogP contribution in [0.4, 0.5) is 10.1 Å². The summed E-state index contributed by atoms with van der Waals surface area (Å²) in [5.41, 5.74) is 2.21. The molecule has 2 N–H and O–H groups in total. The fraction of sp³-hybridized carbons (Fsp3) is 0.531. The number of methoxy groups -OCH3 is 1. The van der Waals surface area contributed by atoms with Crippen LogP contribution in [0.25, 0.3) is 0 Å². The number of rotatable bonds is 13. The molecule has 1 aliphatic carbocycles. The Morgan fingerprint density at radius 2 is 1.88 bits per heavy atom. The summed E-state index contributed by atoms with van der Waals surface area (Å²) < 4.78 is 24.2. The van der Waals surface area contributed by atoms with Gasteiger partial charge < -0.3 is 25.0 Å². The Morgan fingerprint density at radius 3 is 2.63 bits per heavy atom. The number of amides is 2. The van der Waals surface area contributed by atoms with Crippen molar-refractivity contribution >= 4 is 23.5 Å². The molecule has 1 heterocycles. The molecule has 2 aromatic rings. The number of nitrogens with zero attached hydrogens (tertiary/aromatic N) is 1. The van der Waals surface area contributed by atoms with Gasteiger partial charge in [-0.3, -0.25) is 14.4 Å². The molecule has 2 aliphatic rings. The van der Waals surface area contributed by atoms with E-state index in [0.717, 1.165) is 30.5 Å². The maximum atomic E-state index is 13.8. The molecule has 1 fully saturated rings. The first kappa shape index (κ1) is 30.3. The number of anilines is 1. The topological polar surface area (TPSA) is 97.0 Å². The number of fused-ring (bicyclic) bond motifs is 1. The van der Waals surface area contributed by atoms with E-state index in [-0.39, 0.29) is 30.7 Å². The Labute approximate surface area is 242 Å². The number of esters is 1. The van der Waals surface area contributed by atoms with Crippen molar-refractivity contribution in [1.29, 1.82) is 0 Å². The Morgan fingerprint density at radius 1 is 1.07 bits per heavy atom. The van der Waals surface area contributed by atoms with Gasteiger partial charge in [0.2, 0.25) is 5.91 Å². The summed E-state index contributed by atoms with van der Waals surface area (Å²) in [6.45, 7) is 3.01. The SMILES string of the molecule is CCOC(=O)C[C@@H](CN1CCc2cc(F)ccc21)NC(=O)[C@H](CCC1CCCCC1)NC(=O)c1cccc(OC)c1. The van der Waals surface area contributed by atoms with Crippen molar-refractivity contribution in [2.45, 2.75) is 76.8 Å². The van der Waals surface area contributed by atoms with Crippen LogP contribution in [0.1, 0.15) is 74.2 Å². The van der Waals surface area contributed by atoms with E-state index in [1.54, 1.807) is 37.3 Å². The van der Waals surface area contributed by atoms with Crippen molar-refractivity contribution in [2.75, 3.05) is 31.7 Å². The van der Waals surface area contributed by atoms with E-state index in [9.17, 15) is 18.8 Å². The van der Waals surface area contributed by atoms with E-state index < -0.39 is 18.1 Å². The van der Waals surface area contributed by atoms with Crippen molar-refractivity contribution in [3.05, 3.63) is 59.4 Å². The minimum Gasteiger partial charge on any atom is -0.497 e. The maximum absolute atomic E-state index is 13.8. The highest BCUT2D eigenvalue weighted by molar-refractivity contribution is 5.98. The molecule has 2 atom stereocenters. The highest BCUT2D eigenvalue weighted by Gasteiger charge is 2.29. The Kier molecular flexibility index (Phi) is 11.0. The van der Waals surface area contributed by atoms with E-state index in [4.69, 9.17) is 9.47 Å². The van der Waals surface area contributed by atoms with Gasteiger partial charge in [-0.15, -0.1) is 0 Å². The molecule has 8 nitrogen and oxygen atoms in total. The average Bonchev–Trinajstić information content (AvgIpc) is 3.36. The van der Waals surface area contributed by atoms with Gasteiger partial charge >= 0.3 is 5.97 Å². The van der Waals surface area contributed by atoms with Crippen LogP contribution in [0, 0.1) is 11.7 Å². The minimum atomic E-state index is -0.764. The van der Waals surface area contributed by atoms with Gasteiger partial charge in [0.15, 0.2) is 0 Å². The summed E-state index contributed by atoms with van der Waals surface area (Å²) in [6, 6.07) is 10.2. The predicted octanol–water partition coefficient (Wildman–Crippen LogP) is 4.79. The summed E-state index contributed by atoms with van der Waals surface area (Å²) >= 11 is 0. The lowest BCUT2D eigenvalue weighted by atomic mass is 9.85. The molecule has 0 radical (unpaired) electrons. The number of halogens is 1. The first-order valence-electron chi connectivity index (χ1n) is 14.8. The Bertz CT molecular complexity index is 1200. The normalized spacial score (nSPS) is 16.4. The maximum Gasteiger partial charge on any atom is 0.307 e. The molecule has 222 valence electrons. The third kappa shape index (κ3) is 8.68. The molecule has 9 heteroatoms. The second-order valence-corrected chi connectivity index (χ2v) is 11.0. The molecule has 0 aromatic heterocycles. The smallest absolute Gasteiger partial charge is 0.307 e. The minimum absolute atomic E-state index is 0.00815. The van der Waals surface area contributed by atoms with Gasteiger partial charge in [-0.2, -0.15) is 0 Å². The Hall–Kier alpha value is -3.62. The van der Waals surface area contributed by atoms with Crippen molar-refractivity contribution < 1.29 is 28.2 Å². The van der Waals surface area contributed by atoms with Crippen LogP contribution in [0.15, 0.2) is 42.5 Å². The van der Waals surface area contributed by atoms with Gasteiger partial charge in [0.05, 0.1) is 26.2 Å². The van der Waals surface area contributed by atoms with Crippen LogP contribution in [-0.4, -0.2) is 56.7 Å². The van der Waals surface area contributed by atoms with Crippen LogP contribution in [0.3, 0.4) is 0 Å². The molecule has 0 saturated heterocycles. The fourth-order valence-electron chi connectivity index (χ4n) is 5.93. The highest BCUT2D eigenvalue weighted by atomic mass is 19.1. The number of hydrogen-bond acceptors (Lipinski definition) is 6. The summed E-state index contributed by atoms with van der Waals surface area (Å²) in [4.78, 5) is 41.5. The van der Waals surface area contributed by atoms with Gasteiger partial charge in [-0.1, -0.05) is 38.2 Å². The van der Waals surface area contributed by atoms with E-state index in [0.29, 0.717) is 43.2 Å². The molecule has 0 unspecified atom stereocenters. The zero-order valence-electron chi connectivity index (χ0n) is 24.1. The highest BCUT2D eigenvalue weighted by Crippen LogP contribution is 2.30. The number of carbonyl (C=O) groups is 3. The molecule has 4 rings (SSSR count). The van der Waals surface area contributed by atoms with Crippen LogP contribution < -0.4 is 20.3 Å². The lowest BCUT2D eigenvalue weighted by molar-refractivity contribution is -0.143. The van der Waals surface area contributed by atoms with Crippen LogP contribution >= 0.6 is 0 Å². The van der Waals surface area contributed by atoms with Crippen LogP contribution in [0.2, 0.25) is 0 Å². The molecule has 0 spiro atoms. The molecular formula is C32H42FN3O5. The fourth-order valence-corrected chi connectivity index (χ4v) is 5.93. The Balaban J connectivity index is 1.49. The zero-order chi connectivity index (χ0) is 29.2. The molecule has 2 amide bonds. The summed E-state index contributed by atoms with van der Waals surface area (Å²) in [5, 5.41) is 5.99. The third-order valence-corrected chi connectivity index (χ3v) is 8.08. The van der Waals surface area contributed by atoms with Gasteiger partial charge in [-0.25, -0.2) is 4.39 Å². The largest absolute Gasteiger partial charge is 0.497 e. The molecule has 2 aromatic carbocycles. The lowest BCUT2D eigenvalue weighted by Crippen LogP contribution is -2.53. The number of hydrogen-bond donors (Lipinski definition) is 2. The van der Waals surface area contributed by atoms with Crippen LogP contribution in [-0.2, 0) is 20.7 Å². The quantitative estimate of drug-likeness (QED) is 0.338. The molecule has 0 bridgehead atoms. The number of ether oxygens (including phenoxy) is 2. The van der Waals surface area contributed by atoms with Gasteiger partial charge in [0.1, 0.15) is 17.6 Å². The molecule has 41 heavy (non-hydrogen) atoms. The molecule has 1 saturated carbocycles. The van der Waals surface area contributed by atoms with Crippen molar-refractivity contribution in [3.63, 3.8) is 0 Å². The van der Waals surface area contributed by atoms with Crippen molar-refractivity contribution in [2.24, 2.45) is 5.92 Å². The van der Waals surface area contributed by atoms with Crippen LogP contribution in [0.5, 0.6) is 5.75 Å². The number of nitrogens with one attached hydrogen (secondary N) is 2. The monoisotopic (exact) mass is 567 g/mol. The standard InChI is InChI=1S/C32H42FN3O5/c1-3-41-30(37)20-26(21-36-17-16-23-18-25(33)13-15-29(23)36)34-32(39)28(14-12-22-8-5-4-6-9-22)35-31(38)24-10-7-11-27(19-24)40-2/h7,10-11,13,15,18-19,22,26,28H,3-6,8-9,12,14,16-17,20-21H2,1-2H3,(H,34,39)(H,35,38)/t26-,28-/m0/s1. The predicted molar refractivity (Wildman–Crippen MR) is 156 cm³/mol. The van der Waals surface area contributed by atoms with E-state index in [2.05, 4.69) is 15.5 Å². The second kappa shape index (κ2) is 14.8. The zero-order valence-corrected chi connectivity index (χ0v) is 24.1. The number of benzene rings is 2. The van der Waals surface area contributed by atoms with Gasteiger partial charge in [0, 0.05) is 24.3 Å². The van der Waals surface area contributed by atoms with E-state index in [1.807, 2.05) is 0 Å². The third-order valence-electron chi connectivity index (χ3n) is 8.08. The molecular weight excluding hydrogens is 525 g/mol. The van der Waals surface area contributed by atoms with Gasteiger partial charge in [0.25, 0.3) is 5.91 Å². The average molecular weight is 568 g/mol. The summed E-state index contributed by atoms with van der Waals surface area (Å²) in [7, 11) is 1.54. The first-order valence-corrected chi connectivity index (χ1v) is 14.8. The van der Waals surface area contributed by atoms with Crippen molar-refractivity contribution in [1.82, 2.24) is 10.6 Å². The first-order chi connectivity index (χ1) is 19.9. The van der Waals surface area contributed by atoms with E-state index in [1.165, 1.54) is 38.5 Å². The molecule has 1 aliphatic heterocycles. The summed E-state index contributed by atoms with van der Waals surface area (Å²) in [6.07, 6.45) is 7.93.